The van der Waals surface area contributed by atoms with Gasteiger partial charge in [-0.25, -0.2) is 4.98 Å². The molecule has 3 aromatic rings. The zero-order chi connectivity index (χ0) is 21.5. The standard InChI is InChI=1S/C23H32ClN5O/c1-30-17-6-8-21-19(14-17)23(18-7-5-16(24)13-22(18)28-21)20(27)15-29(12-4-10-26)11-3-2-9-25/h5-8,13-14,20H,2-4,9-12,15,25-27H2,1H3. The predicted molar refractivity (Wildman–Crippen MR) is 126 cm³/mol. The first kappa shape index (κ1) is 22.7. The maximum Gasteiger partial charge on any atom is 0.119 e. The van der Waals surface area contributed by atoms with Gasteiger partial charge in [0.1, 0.15) is 5.75 Å². The molecule has 3 rings (SSSR count). The van der Waals surface area contributed by atoms with E-state index in [0.717, 1.165) is 72.0 Å². The van der Waals surface area contributed by atoms with Gasteiger partial charge in [-0.15, -0.1) is 0 Å². The van der Waals surface area contributed by atoms with Crippen molar-refractivity contribution in [3.05, 3.63) is 47.0 Å². The maximum atomic E-state index is 6.83. The fraction of sp³-hybridized carbons (Fsp3) is 0.435. The molecule has 162 valence electrons. The highest BCUT2D eigenvalue weighted by Crippen LogP contribution is 2.33. The van der Waals surface area contributed by atoms with Crippen LogP contribution in [0.25, 0.3) is 21.8 Å². The largest absolute Gasteiger partial charge is 0.497 e. The lowest BCUT2D eigenvalue weighted by molar-refractivity contribution is 0.252. The van der Waals surface area contributed by atoms with E-state index in [9.17, 15) is 0 Å². The molecular formula is C23H32ClN5O. The Bertz CT molecular complexity index is 981. The Morgan fingerprint density at radius 3 is 2.47 bits per heavy atom. The number of nitrogens with two attached hydrogens (primary N) is 3. The summed E-state index contributed by atoms with van der Waals surface area (Å²) in [6, 6.07) is 11.5. The van der Waals surface area contributed by atoms with E-state index in [2.05, 4.69) is 4.90 Å². The van der Waals surface area contributed by atoms with Gasteiger partial charge in [-0.05, 0) is 81.3 Å². The number of benzene rings is 2. The van der Waals surface area contributed by atoms with Gasteiger partial charge in [0.2, 0.25) is 0 Å². The first-order valence-electron chi connectivity index (χ1n) is 10.5. The van der Waals surface area contributed by atoms with Crippen LogP contribution in [0.2, 0.25) is 5.02 Å². The van der Waals surface area contributed by atoms with Gasteiger partial charge in [-0.3, -0.25) is 0 Å². The van der Waals surface area contributed by atoms with E-state index in [1.807, 2.05) is 36.4 Å². The van der Waals surface area contributed by atoms with E-state index < -0.39 is 0 Å². The quantitative estimate of drug-likeness (QED) is 0.318. The summed E-state index contributed by atoms with van der Waals surface area (Å²) in [6.45, 7) is 3.99. The SMILES string of the molecule is COc1ccc2nc3cc(Cl)ccc3c(C(N)CN(CCCN)CCCCN)c2c1. The molecule has 0 bridgehead atoms. The Hall–Kier alpha value is -1.96. The lowest BCUT2D eigenvalue weighted by Gasteiger charge is -2.27. The van der Waals surface area contributed by atoms with Gasteiger partial charge in [-0.1, -0.05) is 17.7 Å². The van der Waals surface area contributed by atoms with E-state index in [4.69, 9.17) is 38.5 Å². The first-order chi connectivity index (χ1) is 14.6. The number of nitrogens with zero attached hydrogens (tertiary/aromatic N) is 2. The lowest BCUT2D eigenvalue weighted by atomic mass is 9.96. The average molecular weight is 430 g/mol. The summed E-state index contributed by atoms with van der Waals surface area (Å²) in [5, 5.41) is 2.69. The first-order valence-corrected chi connectivity index (χ1v) is 10.9. The van der Waals surface area contributed by atoms with Crippen molar-refractivity contribution in [3.8, 4) is 5.75 Å². The van der Waals surface area contributed by atoms with Crippen LogP contribution >= 0.6 is 11.6 Å². The third kappa shape index (κ3) is 5.39. The minimum atomic E-state index is -0.193. The minimum Gasteiger partial charge on any atom is -0.497 e. The van der Waals surface area contributed by atoms with Crippen molar-refractivity contribution in [2.45, 2.75) is 25.3 Å². The zero-order valence-electron chi connectivity index (χ0n) is 17.6. The summed E-state index contributed by atoms with van der Waals surface area (Å²) in [4.78, 5) is 7.20. The Morgan fingerprint density at radius 2 is 1.73 bits per heavy atom. The normalized spacial score (nSPS) is 12.7. The van der Waals surface area contributed by atoms with Gasteiger partial charge in [0, 0.05) is 28.4 Å². The summed E-state index contributed by atoms with van der Waals surface area (Å²) < 4.78 is 5.46. The second-order valence-electron chi connectivity index (χ2n) is 7.62. The van der Waals surface area contributed by atoms with Crippen LogP contribution in [0.3, 0.4) is 0 Å². The molecule has 1 aromatic heterocycles. The second kappa shape index (κ2) is 10.9. The molecule has 6 N–H and O–H groups in total. The van der Waals surface area contributed by atoms with Gasteiger partial charge in [0.15, 0.2) is 0 Å². The number of halogens is 1. The Kier molecular flexibility index (Phi) is 8.24. The number of aromatic nitrogens is 1. The van der Waals surface area contributed by atoms with Crippen molar-refractivity contribution in [1.82, 2.24) is 9.88 Å². The van der Waals surface area contributed by atoms with Gasteiger partial charge in [0.25, 0.3) is 0 Å². The van der Waals surface area contributed by atoms with Crippen LogP contribution in [0.4, 0.5) is 0 Å². The molecule has 0 amide bonds. The van der Waals surface area contributed by atoms with Crippen LogP contribution in [0, 0.1) is 0 Å². The van der Waals surface area contributed by atoms with Crippen molar-refractivity contribution < 1.29 is 4.74 Å². The number of methoxy groups -OCH3 is 1. The molecule has 30 heavy (non-hydrogen) atoms. The van der Waals surface area contributed by atoms with Crippen molar-refractivity contribution in [3.63, 3.8) is 0 Å². The van der Waals surface area contributed by atoms with Crippen LogP contribution in [0.1, 0.15) is 30.9 Å². The highest BCUT2D eigenvalue weighted by atomic mass is 35.5. The van der Waals surface area contributed by atoms with Crippen molar-refractivity contribution in [1.29, 1.82) is 0 Å². The van der Waals surface area contributed by atoms with E-state index in [1.54, 1.807) is 7.11 Å². The molecule has 0 saturated carbocycles. The molecule has 0 radical (unpaired) electrons. The average Bonchev–Trinajstić information content (AvgIpc) is 2.75. The monoisotopic (exact) mass is 429 g/mol. The smallest absolute Gasteiger partial charge is 0.119 e. The molecule has 0 saturated heterocycles. The second-order valence-corrected chi connectivity index (χ2v) is 8.05. The lowest BCUT2D eigenvalue weighted by Crippen LogP contribution is -2.35. The molecule has 0 fully saturated rings. The molecule has 1 unspecified atom stereocenters. The predicted octanol–water partition coefficient (Wildman–Crippen LogP) is 3.44. The van der Waals surface area contributed by atoms with Crippen LogP contribution in [-0.4, -0.2) is 49.7 Å². The van der Waals surface area contributed by atoms with E-state index in [1.165, 1.54) is 0 Å². The van der Waals surface area contributed by atoms with Gasteiger partial charge in [0.05, 0.1) is 18.1 Å². The Morgan fingerprint density at radius 1 is 0.967 bits per heavy atom. The van der Waals surface area contributed by atoms with Crippen molar-refractivity contribution in [2.24, 2.45) is 17.2 Å². The molecule has 0 aliphatic carbocycles. The molecule has 1 heterocycles. The zero-order valence-corrected chi connectivity index (χ0v) is 18.4. The summed E-state index contributed by atoms with van der Waals surface area (Å²) in [7, 11) is 1.67. The molecule has 0 aliphatic heterocycles. The summed E-state index contributed by atoms with van der Waals surface area (Å²) in [5.41, 5.74) is 21.1. The van der Waals surface area contributed by atoms with Crippen LogP contribution < -0.4 is 21.9 Å². The third-order valence-corrected chi connectivity index (χ3v) is 5.65. The van der Waals surface area contributed by atoms with Gasteiger partial charge in [-0.2, -0.15) is 0 Å². The summed E-state index contributed by atoms with van der Waals surface area (Å²) >= 11 is 6.24. The molecule has 1 atom stereocenters. The van der Waals surface area contributed by atoms with Crippen molar-refractivity contribution in [2.75, 3.05) is 39.8 Å². The maximum absolute atomic E-state index is 6.83. The summed E-state index contributed by atoms with van der Waals surface area (Å²) in [6.07, 6.45) is 3.00. The number of hydrogen-bond acceptors (Lipinski definition) is 6. The highest BCUT2D eigenvalue weighted by Gasteiger charge is 2.19. The van der Waals surface area contributed by atoms with E-state index >= 15 is 0 Å². The third-order valence-electron chi connectivity index (χ3n) is 5.42. The number of fused-ring (bicyclic) bond motifs is 2. The number of ether oxygens (including phenoxy) is 1. The molecular weight excluding hydrogens is 398 g/mol. The van der Waals surface area contributed by atoms with E-state index in [0.29, 0.717) is 18.1 Å². The van der Waals surface area contributed by atoms with Crippen molar-refractivity contribution >= 4 is 33.4 Å². The number of hydrogen-bond donors (Lipinski definition) is 3. The fourth-order valence-corrected chi connectivity index (χ4v) is 4.08. The van der Waals surface area contributed by atoms with Gasteiger partial charge < -0.3 is 26.8 Å². The Balaban J connectivity index is 2.03. The number of pyridine rings is 1. The fourth-order valence-electron chi connectivity index (χ4n) is 3.91. The highest BCUT2D eigenvalue weighted by molar-refractivity contribution is 6.31. The molecule has 6 nitrogen and oxygen atoms in total. The van der Waals surface area contributed by atoms with Crippen LogP contribution in [-0.2, 0) is 0 Å². The molecule has 7 heteroatoms. The van der Waals surface area contributed by atoms with Crippen LogP contribution in [0.5, 0.6) is 5.75 Å². The topological polar surface area (TPSA) is 103 Å². The molecule has 2 aromatic carbocycles. The Labute approximate surface area is 183 Å². The van der Waals surface area contributed by atoms with Gasteiger partial charge >= 0.3 is 0 Å². The number of rotatable bonds is 11. The number of unbranched alkanes of at least 4 members (excludes halogenated alkanes) is 1. The summed E-state index contributed by atoms with van der Waals surface area (Å²) in [5.74, 6) is 0.786. The van der Waals surface area contributed by atoms with Crippen LogP contribution in [0.15, 0.2) is 36.4 Å². The molecule has 0 spiro atoms. The van der Waals surface area contributed by atoms with E-state index in [-0.39, 0.29) is 6.04 Å². The molecule has 0 aliphatic rings. The minimum absolute atomic E-state index is 0.193.